The van der Waals surface area contributed by atoms with Crippen LogP contribution in [-0.4, -0.2) is 45.5 Å². The molecule has 0 saturated heterocycles. The fraction of sp³-hybridized carbons (Fsp3) is 0.222. The summed E-state index contributed by atoms with van der Waals surface area (Å²) in [6, 6.07) is 7.01. The Hall–Kier alpha value is -0.991. The number of carbonyl (C=O) groups is 2. The summed E-state index contributed by atoms with van der Waals surface area (Å²) < 4.78 is 1.55. The molecule has 0 spiro atoms. The molecule has 2 atom stereocenters. The molecule has 29 heavy (non-hydrogen) atoms. The summed E-state index contributed by atoms with van der Waals surface area (Å²) in [7, 11) is 0. The normalized spacial score (nSPS) is 12.6. The van der Waals surface area contributed by atoms with Gasteiger partial charge in [0.25, 0.3) is 0 Å². The monoisotopic (exact) mass is 711 g/mol. The van der Waals surface area contributed by atoms with E-state index in [1.54, 1.807) is 24.3 Å². The average Bonchev–Trinajstić information content (AvgIpc) is 2.62. The van der Waals surface area contributed by atoms with Gasteiger partial charge in [0.2, 0.25) is 0 Å². The van der Waals surface area contributed by atoms with Crippen LogP contribution in [0, 0.1) is 7.14 Å². The number of benzene rings is 2. The summed E-state index contributed by atoms with van der Waals surface area (Å²) in [6.07, 6.45) is 0. The van der Waals surface area contributed by atoms with Crippen molar-refractivity contribution in [1.82, 2.24) is 10.6 Å². The number of carboxylic acid groups (broad SMARTS) is 2. The maximum absolute atomic E-state index is 11.6. The fourth-order valence-electron chi connectivity index (χ4n) is 2.61. The third kappa shape index (κ3) is 7.33. The van der Waals surface area contributed by atoms with Gasteiger partial charge < -0.3 is 20.4 Å². The van der Waals surface area contributed by atoms with Gasteiger partial charge in [0.15, 0.2) is 0 Å². The number of rotatable bonds is 9. The Morgan fingerprint density at radius 3 is 1.45 bits per heavy atom. The third-order valence-electron chi connectivity index (χ3n) is 3.92. The quantitative estimate of drug-likeness (QED) is 0.173. The van der Waals surface area contributed by atoms with Crippen LogP contribution in [0.5, 0.6) is 11.5 Å². The van der Waals surface area contributed by atoms with E-state index < -0.39 is 24.0 Å². The molecule has 2 rings (SSSR count). The summed E-state index contributed by atoms with van der Waals surface area (Å²) >= 11 is 4.04. The zero-order valence-corrected chi connectivity index (χ0v) is 20.9. The second-order valence-electron chi connectivity index (χ2n) is 5.86. The van der Waals surface area contributed by atoms with E-state index in [0.29, 0.717) is 0 Å². The van der Waals surface area contributed by atoms with E-state index in [1.165, 1.54) is 12.1 Å². The minimum absolute atomic E-state index is 0. The maximum Gasteiger partial charge on any atom is 0.325 e. The first-order valence-electron chi connectivity index (χ1n) is 8.10. The molecule has 157 valence electrons. The van der Waals surface area contributed by atoms with Crippen LogP contribution in [0.1, 0.15) is 23.2 Å². The Balaban J connectivity index is 0.00000420. The molecule has 6 N–H and O–H groups in total. The van der Waals surface area contributed by atoms with Gasteiger partial charge in [-0.05, 0) is 81.6 Å². The van der Waals surface area contributed by atoms with Gasteiger partial charge in [-0.3, -0.25) is 20.2 Å². The van der Waals surface area contributed by atoms with E-state index in [-0.39, 0.29) is 55.8 Å². The van der Waals surface area contributed by atoms with Crippen molar-refractivity contribution in [2.45, 2.75) is 12.1 Å². The van der Waals surface area contributed by atoms with E-state index in [9.17, 15) is 30.0 Å². The predicted octanol–water partition coefficient (Wildman–Crippen LogP) is 2.44. The summed E-state index contributed by atoms with van der Waals surface area (Å²) in [5.74, 6) is -2.61. The molecule has 0 bridgehead atoms. The molecule has 0 saturated carbocycles. The standard InChI is InChI=1S/C18H18I2N2O6.Tc/c19-9-1-3-13(23)11(7-9)15(17(25)26)21-5-6-22-16(18(27)28)12-8-10(20)2-4-14(12)24;/h1-4,7-8,15-16,21-24H,5-6H2,(H,25,26)(H,27,28);/i;1+1. The number of phenols is 2. The van der Waals surface area contributed by atoms with Gasteiger partial charge >= 0.3 is 11.9 Å². The van der Waals surface area contributed by atoms with Crippen LogP contribution in [0.4, 0.5) is 0 Å². The first-order valence-corrected chi connectivity index (χ1v) is 10.3. The Bertz CT molecular complexity index is 812. The number of halogens is 2. The topological polar surface area (TPSA) is 139 Å². The molecular weight excluding hydrogens is 693 g/mol. The Labute approximate surface area is 207 Å². The molecule has 8 nitrogen and oxygen atoms in total. The van der Waals surface area contributed by atoms with E-state index in [0.717, 1.165) is 7.14 Å². The molecule has 2 aromatic carbocycles. The number of nitrogens with one attached hydrogen (secondary N) is 2. The first kappa shape index (κ1) is 26.0. The van der Waals surface area contributed by atoms with E-state index in [4.69, 9.17) is 0 Å². The molecule has 0 aliphatic carbocycles. The average molecular weight is 711 g/mol. The van der Waals surface area contributed by atoms with Crippen LogP contribution < -0.4 is 10.6 Å². The Morgan fingerprint density at radius 2 is 1.14 bits per heavy atom. The molecule has 0 aliphatic rings. The molecule has 0 aromatic heterocycles. The number of carboxylic acids is 2. The summed E-state index contributed by atoms with van der Waals surface area (Å²) in [5, 5.41) is 44.4. The van der Waals surface area contributed by atoms with E-state index in [1.807, 2.05) is 45.2 Å². The van der Waals surface area contributed by atoms with Crippen molar-refractivity contribution in [3.05, 3.63) is 54.7 Å². The van der Waals surface area contributed by atoms with Crippen molar-refractivity contribution in [1.29, 1.82) is 0 Å². The number of aliphatic carboxylic acids is 2. The van der Waals surface area contributed by atoms with Crippen molar-refractivity contribution in [2.24, 2.45) is 0 Å². The smallest absolute Gasteiger partial charge is 0.325 e. The molecular formula is C18H18I2N2O6Tc. The molecule has 11 heteroatoms. The minimum atomic E-state index is -1.16. The van der Waals surface area contributed by atoms with E-state index >= 15 is 0 Å². The molecule has 0 heterocycles. The summed E-state index contributed by atoms with van der Waals surface area (Å²) in [6.45, 7) is 0.243. The molecule has 2 aromatic rings. The molecule has 0 fully saturated rings. The predicted molar refractivity (Wildman–Crippen MR) is 118 cm³/mol. The second-order valence-corrected chi connectivity index (χ2v) is 8.35. The first-order chi connectivity index (χ1) is 13.2. The van der Waals surface area contributed by atoms with Crippen LogP contribution in [0.3, 0.4) is 0 Å². The molecule has 1 radical (unpaired) electrons. The summed E-state index contributed by atoms with van der Waals surface area (Å²) in [5.41, 5.74) is 0.453. The van der Waals surface area contributed by atoms with Crippen molar-refractivity contribution in [3.63, 3.8) is 0 Å². The molecule has 0 amide bonds. The number of aromatic hydroxyl groups is 2. The van der Waals surface area contributed by atoms with Crippen LogP contribution in [0.2, 0.25) is 0 Å². The van der Waals surface area contributed by atoms with E-state index in [2.05, 4.69) is 10.6 Å². The van der Waals surface area contributed by atoms with Gasteiger partial charge in [0.05, 0.1) is 0 Å². The van der Waals surface area contributed by atoms with Crippen molar-refractivity contribution in [3.8, 4) is 11.5 Å². The van der Waals surface area contributed by atoms with Gasteiger partial charge in [0.1, 0.15) is 23.6 Å². The van der Waals surface area contributed by atoms with Crippen molar-refractivity contribution < 1.29 is 50.1 Å². The zero-order chi connectivity index (χ0) is 20.8. The third-order valence-corrected chi connectivity index (χ3v) is 5.26. The van der Waals surface area contributed by atoms with Crippen LogP contribution >= 0.6 is 45.2 Å². The minimum Gasteiger partial charge on any atom is -0.508 e. The maximum atomic E-state index is 11.6. The van der Waals surface area contributed by atoms with Crippen LogP contribution in [0.25, 0.3) is 0 Å². The Kier molecular flexibility index (Phi) is 10.8. The van der Waals surface area contributed by atoms with Crippen LogP contribution in [-0.2, 0) is 29.7 Å². The molecule has 0 aliphatic heterocycles. The molecule has 2 unspecified atom stereocenters. The van der Waals surface area contributed by atoms with Crippen molar-refractivity contribution in [2.75, 3.05) is 13.1 Å². The van der Waals surface area contributed by atoms with Gasteiger partial charge in [-0.1, -0.05) is 0 Å². The fourth-order valence-corrected chi connectivity index (χ4v) is 3.64. The number of hydrogen-bond donors (Lipinski definition) is 6. The SMILES string of the molecule is O=C(O)C(NCCNC(C(=O)O)c1cc(I)ccc1O)c1cc(I)ccc1O.[99Tc]. The van der Waals surface area contributed by atoms with Crippen molar-refractivity contribution >= 4 is 57.1 Å². The number of phenolic OH excluding ortho intramolecular Hbond substituents is 2. The van der Waals surface area contributed by atoms with Gasteiger partial charge in [-0.25, -0.2) is 0 Å². The van der Waals surface area contributed by atoms with Gasteiger partial charge in [-0.15, -0.1) is 0 Å². The zero-order valence-electron chi connectivity index (χ0n) is 14.8. The summed E-state index contributed by atoms with van der Waals surface area (Å²) in [4.78, 5) is 23.2. The van der Waals surface area contributed by atoms with Gasteiger partial charge in [-0.2, -0.15) is 0 Å². The number of hydrogen-bond acceptors (Lipinski definition) is 6. The second kappa shape index (κ2) is 12.0. The van der Waals surface area contributed by atoms with Crippen LogP contribution in [0.15, 0.2) is 36.4 Å². The van der Waals surface area contributed by atoms with Gasteiger partial charge in [0, 0.05) is 51.5 Å². The largest absolute Gasteiger partial charge is 0.508 e. The Morgan fingerprint density at radius 1 is 0.793 bits per heavy atom.